The Balaban J connectivity index is 1.05. The van der Waals surface area contributed by atoms with Crippen molar-refractivity contribution >= 4 is 69.9 Å². The zero-order chi connectivity index (χ0) is 43.4. The second-order valence-electron chi connectivity index (χ2n) is 16.4. The molecule has 61 heavy (non-hydrogen) atoms. The third-order valence-electron chi connectivity index (χ3n) is 11.3. The quantitative estimate of drug-likeness (QED) is 0.0630. The van der Waals surface area contributed by atoms with Gasteiger partial charge in [0.05, 0.1) is 6.61 Å². The third kappa shape index (κ3) is 14.6. The predicted molar refractivity (Wildman–Crippen MR) is 251 cm³/mol. The van der Waals surface area contributed by atoms with Crippen LogP contribution in [0.1, 0.15) is 62.4 Å². The first-order valence-electron chi connectivity index (χ1n) is 21.0. The largest absolute Gasteiger partial charge is 0.446 e. The van der Waals surface area contributed by atoms with Crippen LogP contribution < -0.4 is 14.9 Å². The summed E-state index contributed by atoms with van der Waals surface area (Å²) in [6.07, 6.45) is 4.01. The smallest absolute Gasteiger partial charge is 0.395 e. The van der Waals surface area contributed by atoms with Crippen molar-refractivity contribution in [3.63, 3.8) is 0 Å². The summed E-state index contributed by atoms with van der Waals surface area (Å²) in [5.74, 6) is 0.317. The molecular weight excluding hydrogens is 855 g/mol. The van der Waals surface area contributed by atoms with Gasteiger partial charge in [0.15, 0.2) is 0 Å². The van der Waals surface area contributed by atoms with E-state index in [2.05, 4.69) is 50.7 Å². The van der Waals surface area contributed by atoms with Crippen molar-refractivity contribution in [1.29, 1.82) is 0 Å². The summed E-state index contributed by atoms with van der Waals surface area (Å²) in [5.41, 5.74) is 1.95. The molecule has 1 saturated heterocycles. The average molecular weight is 913 g/mol. The maximum atomic E-state index is 13.9. The zero-order valence-electron chi connectivity index (χ0n) is 35.1. The van der Waals surface area contributed by atoms with Crippen molar-refractivity contribution < 1.29 is 23.1 Å². The highest BCUT2D eigenvalue weighted by Gasteiger charge is 2.32. The molecular formula is C47H57ClF3N5O2S3. The van der Waals surface area contributed by atoms with Crippen LogP contribution in [0, 0.1) is 5.41 Å². The lowest BCUT2D eigenvalue weighted by Crippen LogP contribution is -2.47. The summed E-state index contributed by atoms with van der Waals surface area (Å²) in [5, 5.41) is 13.6. The van der Waals surface area contributed by atoms with E-state index in [-0.39, 0.29) is 40.6 Å². The number of likely N-dealkylation sites (N-methyl/N-ethyl adjacent to an activating group) is 1. The Kier molecular flexibility index (Phi) is 17.3. The van der Waals surface area contributed by atoms with E-state index in [1.807, 2.05) is 61.5 Å². The molecule has 1 fully saturated rings. The van der Waals surface area contributed by atoms with Crippen LogP contribution in [0.3, 0.4) is 0 Å². The number of piperazine rings is 1. The molecule has 7 nitrogen and oxygen atoms in total. The lowest BCUT2D eigenvalue weighted by atomic mass is 9.73. The molecule has 1 atom stereocenters. The average Bonchev–Trinajstić information content (AvgIpc) is 3.24. The van der Waals surface area contributed by atoms with Crippen LogP contribution in [0.4, 0.5) is 24.5 Å². The van der Waals surface area contributed by atoms with Gasteiger partial charge in [0.2, 0.25) is 0 Å². The number of nitrogens with one attached hydrogen (secondary N) is 2. The number of alkyl halides is 3. The van der Waals surface area contributed by atoms with E-state index in [9.17, 15) is 23.1 Å². The zero-order valence-corrected chi connectivity index (χ0v) is 38.4. The molecule has 0 bridgehead atoms. The van der Waals surface area contributed by atoms with E-state index >= 15 is 0 Å². The molecule has 1 heterocycles. The van der Waals surface area contributed by atoms with E-state index in [4.69, 9.17) is 11.6 Å². The van der Waals surface area contributed by atoms with Gasteiger partial charge < -0.3 is 20.2 Å². The lowest BCUT2D eigenvalue weighted by Gasteiger charge is -2.39. The molecule has 0 saturated carbocycles. The molecule has 0 spiro atoms. The van der Waals surface area contributed by atoms with Gasteiger partial charge in [-0.1, -0.05) is 68.3 Å². The highest BCUT2D eigenvalue weighted by Crippen LogP contribution is 2.44. The first-order valence-corrected chi connectivity index (χ1v) is 24.0. The number of allylic oxidation sites excluding steroid dienone is 1. The summed E-state index contributed by atoms with van der Waals surface area (Å²) in [7, 11) is 0. The molecule has 4 aromatic rings. The van der Waals surface area contributed by atoms with Crippen molar-refractivity contribution in [2.24, 2.45) is 5.41 Å². The van der Waals surface area contributed by atoms with Gasteiger partial charge in [-0.2, -0.15) is 13.2 Å². The van der Waals surface area contributed by atoms with Crippen LogP contribution in [-0.2, 0) is 0 Å². The summed E-state index contributed by atoms with van der Waals surface area (Å²) in [6.45, 7) is 13.4. The number of carbonyl (C=O) groups is 1. The Morgan fingerprint density at radius 2 is 1.66 bits per heavy atom. The first kappa shape index (κ1) is 47.2. The highest BCUT2D eigenvalue weighted by molar-refractivity contribution is 8.00. The normalized spacial score (nSPS) is 16.5. The molecule has 0 radical (unpaired) electrons. The Labute approximate surface area is 377 Å². The molecule has 1 aliphatic carbocycles. The number of hydrogen-bond donors (Lipinski definition) is 3. The van der Waals surface area contributed by atoms with E-state index in [0.717, 1.165) is 79.7 Å². The summed E-state index contributed by atoms with van der Waals surface area (Å²) >= 11 is 8.69. The minimum Gasteiger partial charge on any atom is -0.395 e. The van der Waals surface area contributed by atoms with Crippen molar-refractivity contribution in [2.75, 3.05) is 74.9 Å². The monoisotopic (exact) mass is 911 g/mol. The van der Waals surface area contributed by atoms with Gasteiger partial charge in [0.25, 0.3) is 5.91 Å². The lowest BCUT2D eigenvalue weighted by molar-refractivity contribution is -0.0328. The number of carbonyl (C=O) groups excluding carboxylic acids is 1. The summed E-state index contributed by atoms with van der Waals surface area (Å²) < 4.78 is 44.5. The first-order chi connectivity index (χ1) is 29.3. The standard InChI is InChI=1S/C47H57ClF3N5O2S3/c1-4-54(28-29-57)23-21-38(33-59-40-8-6-5-7-9-40)52-43-19-18-41(30-44(43)60-47(49,50)51)61-53-45(58)35-12-16-39(17-13-35)56-26-24-55(25-27-56)32-36-31-46(2,3)22-20-42(36)34-10-14-37(48)15-11-34/h5-19,30,38,52,57H,4,20-29,31-33H2,1-3H3,(H,53,58). The van der Waals surface area contributed by atoms with Gasteiger partial charge in [-0.25, -0.2) is 0 Å². The maximum absolute atomic E-state index is 13.9. The van der Waals surface area contributed by atoms with Gasteiger partial charge in [0, 0.05) is 94.3 Å². The second kappa shape index (κ2) is 22.4. The molecule has 4 aromatic carbocycles. The molecule has 6 rings (SSSR count). The number of thioether (sulfide) groups is 2. The van der Waals surface area contributed by atoms with E-state index in [1.54, 1.807) is 36.0 Å². The molecule has 14 heteroatoms. The van der Waals surface area contributed by atoms with Crippen LogP contribution in [0.2, 0.25) is 5.02 Å². The van der Waals surface area contributed by atoms with Crippen LogP contribution in [0.15, 0.2) is 117 Å². The van der Waals surface area contributed by atoms with Crippen molar-refractivity contribution in [3.05, 3.63) is 119 Å². The Morgan fingerprint density at radius 1 is 0.934 bits per heavy atom. The Morgan fingerprint density at radius 3 is 2.33 bits per heavy atom. The van der Waals surface area contributed by atoms with Crippen LogP contribution in [0.5, 0.6) is 0 Å². The number of anilines is 2. The fourth-order valence-electron chi connectivity index (χ4n) is 7.92. The molecule has 3 N–H and O–H groups in total. The number of rotatable bonds is 19. The Bertz CT molecular complexity index is 2050. The summed E-state index contributed by atoms with van der Waals surface area (Å²) in [4.78, 5) is 21.9. The molecule has 2 aliphatic rings. The number of hydrogen-bond acceptors (Lipinski definition) is 9. The Hall–Kier alpha value is -3.30. The van der Waals surface area contributed by atoms with Gasteiger partial charge in [-0.3, -0.25) is 14.4 Å². The topological polar surface area (TPSA) is 71.1 Å². The van der Waals surface area contributed by atoms with Crippen molar-refractivity contribution in [2.45, 2.75) is 72.7 Å². The van der Waals surface area contributed by atoms with Crippen LogP contribution >= 0.6 is 47.1 Å². The minimum absolute atomic E-state index is 0.0370. The number of amides is 1. The van der Waals surface area contributed by atoms with Gasteiger partial charge >= 0.3 is 5.51 Å². The van der Waals surface area contributed by atoms with Crippen LogP contribution in [0.25, 0.3) is 5.57 Å². The number of aliphatic hydroxyl groups is 1. The molecule has 328 valence electrons. The van der Waals surface area contributed by atoms with Crippen LogP contribution in [-0.4, -0.2) is 97.1 Å². The van der Waals surface area contributed by atoms with Gasteiger partial charge in [-0.05, 0) is 139 Å². The summed E-state index contributed by atoms with van der Waals surface area (Å²) in [6, 6.07) is 30.4. The number of benzene rings is 4. The fraction of sp³-hybridized carbons (Fsp3) is 0.426. The van der Waals surface area contributed by atoms with Gasteiger partial charge in [0.1, 0.15) is 0 Å². The second-order valence-corrected chi connectivity index (χ2v) is 19.9. The molecule has 1 unspecified atom stereocenters. The predicted octanol–water partition coefficient (Wildman–Crippen LogP) is 11.5. The number of nitrogens with zero attached hydrogens (tertiary/aromatic N) is 3. The molecule has 0 aromatic heterocycles. The molecule has 1 aliphatic heterocycles. The van der Waals surface area contributed by atoms with Crippen molar-refractivity contribution in [1.82, 2.24) is 14.5 Å². The van der Waals surface area contributed by atoms with Gasteiger partial charge in [-0.15, -0.1) is 11.8 Å². The van der Waals surface area contributed by atoms with E-state index in [1.165, 1.54) is 29.2 Å². The van der Waals surface area contributed by atoms with E-state index in [0.29, 0.717) is 41.4 Å². The minimum atomic E-state index is -4.50. The maximum Gasteiger partial charge on any atom is 0.446 e. The SMILES string of the molecule is CCN(CCO)CCC(CSc1ccccc1)Nc1ccc(SNC(=O)c2ccc(N3CCN(CC4=C(c5ccc(Cl)cc5)CCC(C)(C)C4)CC3)cc2)cc1SC(F)(F)F. The molecule has 1 amide bonds. The number of aliphatic hydroxyl groups excluding tert-OH is 1. The highest BCUT2D eigenvalue weighted by atomic mass is 35.5. The van der Waals surface area contributed by atoms with Crippen molar-refractivity contribution in [3.8, 4) is 0 Å². The third-order valence-corrected chi connectivity index (χ3v) is 14.3. The number of halogens is 4. The van der Waals surface area contributed by atoms with E-state index < -0.39 is 5.51 Å². The fourth-order valence-corrected chi connectivity index (χ4v) is 10.4.